The van der Waals surface area contributed by atoms with Gasteiger partial charge in [-0.25, -0.2) is 4.98 Å². The third-order valence-corrected chi connectivity index (χ3v) is 6.14. The van der Waals surface area contributed by atoms with Crippen LogP contribution in [-0.4, -0.2) is 60.3 Å². The van der Waals surface area contributed by atoms with Crippen LogP contribution in [0.3, 0.4) is 0 Å². The zero-order valence-corrected chi connectivity index (χ0v) is 19.7. The van der Waals surface area contributed by atoms with Crippen molar-refractivity contribution in [3.63, 3.8) is 0 Å². The molecular formula is C26H30N6O2. The van der Waals surface area contributed by atoms with E-state index in [-0.39, 0.29) is 5.91 Å². The summed E-state index contributed by atoms with van der Waals surface area (Å²) in [6.45, 7) is 8.45. The van der Waals surface area contributed by atoms with E-state index in [1.54, 1.807) is 6.20 Å². The number of nitrogens with one attached hydrogen (secondary N) is 1. The number of benzene rings is 1. The van der Waals surface area contributed by atoms with Crippen molar-refractivity contribution in [2.24, 2.45) is 5.92 Å². The van der Waals surface area contributed by atoms with Gasteiger partial charge >= 0.3 is 0 Å². The average molecular weight is 459 g/mol. The molecule has 0 aliphatic carbocycles. The fourth-order valence-corrected chi connectivity index (χ4v) is 4.36. The predicted octanol–water partition coefficient (Wildman–Crippen LogP) is 3.46. The Bertz CT molecular complexity index is 1160. The molecule has 34 heavy (non-hydrogen) atoms. The van der Waals surface area contributed by atoms with Crippen molar-refractivity contribution < 1.29 is 9.53 Å². The molecule has 176 valence electrons. The lowest BCUT2D eigenvalue weighted by Crippen LogP contribution is -2.37. The van der Waals surface area contributed by atoms with Crippen LogP contribution in [0.2, 0.25) is 0 Å². The third-order valence-electron chi connectivity index (χ3n) is 6.14. The van der Waals surface area contributed by atoms with Crippen molar-refractivity contribution >= 4 is 23.4 Å². The summed E-state index contributed by atoms with van der Waals surface area (Å²) in [5.41, 5.74) is 4.57. The first-order valence-electron chi connectivity index (χ1n) is 11.9. The van der Waals surface area contributed by atoms with Gasteiger partial charge in [0.25, 0.3) is 5.91 Å². The second-order valence-electron chi connectivity index (χ2n) is 9.07. The molecule has 4 heterocycles. The maximum absolute atomic E-state index is 12.7. The van der Waals surface area contributed by atoms with Crippen LogP contribution in [0, 0.1) is 5.92 Å². The van der Waals surface area contributed by atoms with Crippen LogP contribution in [0.4, 0.5) is 17.5 Å². The standard InChI is InChI=1S/C26H30N6O2/c1-18(2)16-28-25(33)20-6-3-5-19(15-20)23-22-8-10-32(21-7-4-9-27-17-21)24(22)30-26(29-23)31-11-13-34-14-12-31/h3-7,9,15,17-18H,8,10-14,16H2,1-2H3,(H,28,33). The van der Waals surface area contributed by atoms with Crippen LogP contribution in [0.25, 0.3) is 11.3 Å². The van der Waals surface area contributed by atoms with Gasteiger partial charge in [-0.3, -0.25) is 9.78 Å². The maximum atomic E-state index is 12.7. The number of morpholine rings is 1. The molecule has 1 N–H and O–H groups in total. The molecule has 2 aliphatic rings. The van der Waals surface area contributed by atoms with Gasteiger partial charge in [-0.1, -0.05) is 26.0 Å². The number of amides is 1. The minimum Gasteiger partial charge on any atom is -0.378 e. The fraction of sp³-hybridized carbons (Fsp3) is 0.385. The largest absolute Gasteiger partial charge is 0.378 e. The van der Waals surface area contributed by atoms with Gasteiger partial charge in [-0.05, 0) is 36.6 Å². The molecule has 1 aromatic carbocycles. The zero-order chi connectivity index (χ0) is 23.5. The molecule has 1 saturated heterocycles. The molecule has 2 aliphatic heterocycles. The number of pyridine rings is 1. The molecular weight excluding hydrogens is 428 g/mol. The highest BCUT2D eigenvalue weighted by Gasteiger charge is 2.29. The molecule has 0 atom stereocenters. The van der Waals surface area contributed by atoms with Crippen molar-refractivity contribution in [1.82, 2.24) is 20.3 Å². The second-order valence-corrected chi connectivity index (χ2v) is 9.07. The van der Waals surface area contributed by atoms with Crippen molar-refractivity contribution in [2.45, 2.75) is 20.3 Å². The molecule has 8 heteroatoms. The highest BCUT2D eigenvalue weighted by atomic mass is 16.5. The topological polar surface area (TPSA) is 83.5 Å². The van der Waals surface area contributed by atoms with Crippen LogP contribution >= 0.6 is 0 Å². The van der Waals surface area contributed by atoms with Gasteiger partial charge in [0.15, 0.2) is 0 Å². The van der Waals surface area contributed by atoms with Crippen LogP contribution in [0.15, 0.2) is 48.8 Å². The number of carbonyl (C=O) groups is 1. The summed E-state index contributed by atoms with van der Waals surface area (Å²) in [6.07, 6.45) is 4.47. The van der Waals surface area contributed by atoms with Crippen molar-refractivity contribution in [3.8, 4) is 11.3 Å². The van der Waals surface area contributed by atoms with Crippen molar-refractivity contribution in [3.05, 3.63) is 59.9 Å². The number of rotatable bonds is 6. The SMILES string of the molecule is CC(C)CNC(=O)c1cccc(-c2nc(N3CCOCC3)nc3c2CCN3c2cccnc2)c1. The number of hydrogen-bond donors (Lipinski definition) is 1. The summed E-state index contributed by atoms with van der Waals surface area (Å²) in [5.74, 6) is 1.94. The molecule has 0 spiro atoms. The van der Waals surface area contributed by atoms with Gasteiger partial charge in [-0.15, -0.1) is 0 Å². The molecule has 8 nitrogen and oxygen atoms in total. The summed E-state index contributed by atoms with van der Waals surface area (Å²) in [4.78, 5) is 31.4. The average Bonchev–Trinajstić information content (AvgIpc) is 3.32. The van der Waals surface area contributed by atoms with Crippen LogP contribution in [-0.2, 0) is 11.2 Å². The predicted molar refractivity (Wildman–Crippen MR) is 133 cm³/mol. The highest BCUT2D eigenvalue weighted by molar-refractivity contribution is 5.95. The van der Waals surface area contributed by atoms with E-state index in [0.29, 0.717) is 37.2 Å². The van der Waals surface area contributed by atoms with E-state index in [0.717, 1.165) is 54.4 Å². The Morgan fingerprint density at radius 2 is 1.97 bits per heavy atom. The molecule has 5 rings (SSSR count). The van der Waals surface area contributed by atoms with Crippen LogP contribution in [0.1, 0.15) is 29.8 Å². The van der Waals surface area contributed by atoms with E-state index in [9.17, 15) is 4.79 Å². The highest BCUT2D eigenvalue weighted by Crippen LogP contribution is 2.39. The minimum absolute atomic E-state index is 0.0633. The lowest BCUT2D eigenvalue weighted by atomic mass is 10.0. The maximum Gasteiger partial charge on any atom is 0.251 e. The molecule has 1 fully saturated rings. The second kappa shape index (κ2) is 9.77. The molecule has 0 saturated carbocycles. The van der Waals surface area contributed by atoms with E-state index in [1.807, 2.05) is 36.5 Å². The van der Waals surface area contributed by atoms with E-state index >= 15 is 0 Å². The molecule has 0 bridgehead atoms. The Morgan fingerprint density at radius 3 is 2.74 bits per heavy atom. The van der Waals surface area contributed by atoms with Gasteiger partial charge in [0.05, 0.1) is 30.8 Å². The van der Waals surface area contributed by atoms with Gasteiger partial charge in [0, 0.05) is 49.1 Å². The van der Waals surface area contributed by atoms with Crippen molar-refractivity contribution in [2.75, 3.05) is 49.2 Å². The Morgan fingerprint density at radius 1 is 1.12 bits per heavy atom. The number of nitrogens with zero attached hydrogens (tertiary/aromatic N) is 5. The van der Waals surface area contributed by atoms with Gasteiger partial charge in [-0.2, -0.15) is 4.98 Å². The quantitative estimate of drug-likeness (QED) is 0.606. The van der Waals surface area contributed by atoms with E-state index in [4.69, 9.17) is 14.7 Å². The first-order valence-corrected chi connectivity index (χ1v) is 11.9. The van der Waals surface area contributed by atoms with E-state index in [2.05, 4.69) is 40.0 Å². The van der Waals surface area contributed by atoms with Gasteiger partial charge in [0.2, 0.25) is 5.95 Å². The van der Waals surface area contributed by atoms with E-state index in [1.165, 1.54) is 0 Å². The number of fused-ring (bicyclic) bond motifs is 1. The summed E-state index contributed by atoms with van der Waals surface area (Å²) in [5, 5.41) is 3.01. The molecule has 0 radical (unpaired) electrons. The summed E-state index contributed by atoms with van der Waals surface area (Å²) >= 11 is 0. The smallest absolute Gasteiger partial charge is 0.251 e. The first-order chi connectivity index (χ1) is 16.6. The number of ether oxygens (including phenoxy) is 1. The third kappa shape index (κ3) is 4.59. The van der Waals surface area contributed by atoms with Crippen LogP contribution < -0.4 is 15.1 Å². The monoisotopic (exact) mass is 458 g/mol. The number of aromatic nitrogens is 3. The van der Waals surface area contributed by atoms with Gasteiger partial charge < -0.3 is 19.9 Å². The lowest BCUT2D eigenvalue weighted by molar-refractivity contribution is 0.0949. The summed E-state index contributed by atoms with van der Waals surface area (Å²) < 4.78 is 5.54. The Hall–Kier alpha value is -3.52. The number of anilines is 3. The fourth-order valence-electron chi connectivity index (χ4n) is 4.36. The first kappa shape index (κ1) is 22.3. The lowest BCUT2D eigenvalue weighted by Gasteiger charge is -2.28. The summed E-state index contributed by atoms with van der Waals surface area (Å²) in [7, 11) is 0. The molecule has 3 aromatic rings. The normalized spacial score (nSPS) is 15.5. The van der Waals surface area contributed by atoms with Crippen molar-refractivity contribution in [1.29, 1.82) is 0 Å². The van der Waals surface area contributed by atoms with E-state index < -0.39 is 0 Å². The minimum atomic E-state index is -0.0633. The van der Waals surface area contributed by atoms with Gasteiger partial charge in [0.1, 0.15) is 5.82 Å². The van der Waals surface area contributed by atoms with Crippen LogP contribution in [0.5, 0.6) is 0 Å². The Kier molecular flexibility index (Phi) is 6.40. The number of hydrogen-bond acceptors (Lipinski definition) is 7. The zero-order valence-electron chi connectivity index (χ0n) is 19.7. The number of carbonyl (C=O) groups excluding carboxylic acids is 1. The molecule has 2 aromatic heterocycles. The molecule has 0 unspecified atom stereocenters. The Balaban J connectivity index is 1.57. The Labute approximate surface area is 200 Å². The molecule has 1 amide bonds. The summed E-state index contributed by atoms with van der Waals surface area (Å²) in [6, 6.07) is 11.7.